The molecule has 0 unspecified atom stereocenters. The Balaban J connectivity index is 0.00000225. The Kier molecular flexibility index (Phi) is 5.39. The summed E-state index contributed by atoms with van der Waals surface area (Å²) in [5, 5.41) is 20.6. The number of amides is 1. The van der Waals surface area contributed by atoms with E-state index in [1.54, 1.807) is 6.07 Å². The Morgan fingerprint density at radius 2 is 2.20 bits per heavy atom. The summed E-state index contributed by atoms with van der Waals surface area (Å²) in [5.41, 5.74) is 0.952. The van der Waals surface area contributed by atoms with Gasteiger partial charge in [-0.3, -0.25) is 19.6 Å². The molecule has 134 valence electrons. The molecule has 1 aliphatic heterocycles. The first-order valence-corrected chi connectivity index (χ1v) is 7.40. The van der Waals surface area contributed by atoms with Gasteiger partial charge in [0.25, 0.3) is 5.91 Å². The largest absolute Gasteiger partial charge is 0.322 e. The maximum Gasteiger partial charge on any atom is 0.322 e. The van der Waals surface area contributed by atoms with E-state index in [1.165, 1.54) is 20.0 Å². The fourth-order valence-electron chi connectivity index (χ4n) is 2.93. The molecule has 2 aromatic rings. The lowest BCUT2D eigenvalue weighted by molar-refractivity contribution is -0.385. The first-order chi connectivity index (χ1) is 11.4. The number of anilines is 1. The molecule has 0 aliphatic carbocycles. The van der Waals surface area contributed by atoms with Gasteiger partial charge in [-0.25, -0.2) is 4.39 Å². The van der Waals surface area contributed by atoms with Crippen LogP contribution in [0.1, 0.15) is 27.3 Å². The number of rotatable bonds is 3. The summed E-state index contributed by atoms with van der Waals surface area (Å²) in [6.45, 7) is 2.68. The third-order valence-corrected chi connectivity index (χ3v) is 4.04. The molecule has 2 heterocycles. The van der Waals surface area contributed by atoms with Gasteiger partial charge >= 0.3 is 5.69 Å². The number of benzene rings is 1. The zero-order chi connectivity index (χ0) is 17.4. The number of nitrogens with one attached hydrogen (secondary N) is 2. The molecule has 0 saturated carbocycles. The lowest BCUT2D eigenvalue weighted by atomic mass is 9.99. The second-order valence-electron chi connectivity index (χ2n) is 5.61. The highest BCUT2D eigenvalue weighted by atomic mass is 35.5. The van der Waals surface area contributed by atoms with E-state index in [0.717, 1.165) is 10.2 Å². The molecule has 0 radical (unpaired) electrons. The Morgan fingerprint density at radius 3 is 2.88 bits per heavy atom. The standard InChI is InChI=1S/C15H16FN5O3.ClH/c1-8-13(21(23)24)14(20(2)19-8)15(22)18-11-4-3-9-7-17-6-5-10(9)12(11)16;/h3-4,17H,5-7H2,1-2H3,(H,18,22);1H. The van der Waals surface area contributed by atoms with E-state index in [4.69, 9.17) is 0 Å². The van der Waals surface area contributed by atoms with Crippen molar-refractivity contribution in [2.24, 2.45) is 7.05 Å². The number of aromatic nitrogens is 2. The minimum absolute atomic E-state index is 0. The van der Waals surface area contributed by atoms with Crippen molar-refractivity contribution in [3.8, 4) is 0 Å². The topological polar surface area (TPSA) is 102 Å². The summed E-state index contributed by atoms with van der Waals surface area (Å²) in [5.74, 6) is -1.26. The molecular formula is C15H17ClFN5O3. The molecule has 0 atom stereocenters. The van der Waals surface area contributed by atoms with Crippen LogP contribution in [0.2, 0.25) is 0 Å². The van der Waals surface area contributed by atoms with Crippen LogP contribution >= 0.6 is 12.4 Å². The monoisotopic (exact) mass is 369 g/mol. The van der Waals surface area contributed by atoms with Crippen molar-refractivity contribution in [2.45, 2.75) is 19.9 Å². The average molecular weight is 370 g/mol. The van der Waals surface area contributed by atoms with Gasteiger partial charge in [0.1, 0.15) is 11.5 Å². The summed E-state index contributed by atoms with van der Waals surface area (Å²) < 4.78 is 15.7. The van der Waals surface area contributed by atoms with Gasteiger partial charge < -0.3 is 10.6 Å². The quantitative estimate of drug-likeness (QED) is 0.637. The second-order valence-corrected chi connectivity index (χ2v) is 5.61. The van der Waals surface area contributed by atoms with E-state index >= 15 is 0 Å². The van der Waals surface area contributed by atoms with E-state index in [1.807, 2.05) is 0 Å². The van der Waals surface area contributed by atoms with Crippen molar-refractivity contribution in [3.05, 3.63) is 50.6 Å². The van der Waals surface area contributed by atoms with E-state index in [0.29, 0.717) is 25.1 Å². The zero-order valence-corrected chi connectivity index (χ0v) is 14.4. The molecule has 3 rings (SSSR count). The SMILES string of the molecule is Cc1nn(C)c(C(=O)Nc2ccc3c(c2F)CCNC3)c1[N+](=O)[O-].Cl. The Labute approximate surface area is 149 Å². The first kappa shape index (κ1) is 18.8. The fraction of sp³-hybridized carbons (Fsp3) is 0.333. The third kappa shape index (κ3) is 3.33. The van der Waals surface area contributed by atoms with Crippen molar-refractivity contribution < 1.29 is 14.1 Å². The lowest BCUT2D eigenvalue weighted by Crippen LogP contribution is -2.25. The Morgan fingerprint density at radius 1 is 1.48 bits per heavy atom. The van der Waals surface area contributed by atoms with Crippen LogP contribution in [0.25, 0.3) is 0 Å². The number of hydrogen-bond acceptors (Lipinski definition) is 5. The number of halogens is 2. The minimum Gasteiger partial charge on any atom is -0.318 e. The highest BCUT2D eigenvalue weighted by Crippen LogP contribution is 2.27. The first-order valence-electron chi connectivity index (χ1n) is 7.40. The van der Waals surface area contributed by atoms with Crippen molar-refractivity contribution in [2.75, 3.05) is 11.9 Å². The lowest BCUT2D eigenvalue weighted by Gasteiger charge is -2.19. The van der Waals surface area contributed by atoms with Crippen LogP contribution in [0, 0.1) is 22.9 Å². The summed E-state index contributed by atoms with van der Waals surface area (Å²) in [4.78, 5) is 22.9. The second kappa shape index (κ2) is 7.16. The van der Waals surface area contributed by atoms with Crippen LogP contribution in [0.3, 0.4) is 0 Å². The summed E-state index contributed by atoms with van der Waals surface area (Å²) >= 11 is 0. The molecule has 0 bridgehead atoms. The van der Waals surface area contributed by atoms with Gasteiger partial charge in [0.05, 0.1) is 10.6 Å². The molecule has 1 aromatic heterocycles. The smallest absolute Gasteiger partial charge is 0.318 e. The van der Waals surface area contributed by atoms with E-state index < -0.39 is 16.6 Å². The zero-order valence-electron chi connectivity index (χ0n) is 13.6. The fourth-order valence-corrected chi connectivity index (χ4v) is 2.93. The third-order valence-electron chi connectivity index (χ3n) is 4.04. The predicted octanol–water partition coefficient (Wildman–Crippen LogP) is 2.10. The Bertz CT molecular complexity index is 852. The number of fused-ring (bicyclic) bond motifs is 1. The molecule has 1 aromatic carbocycles. The summed E-state index contributed by atoms with van der Waals surface area (Å²) in [7, 11) is 1.43. The van der Waals surface area contributed by atoms with Gasteiger partial charge in [-0.2, -0.15) is 5.10 Å². The summed E-state index contributed by atoms with van der Waals surface area (Å²) in [6.07, 6.45) is 0.524. The predicted molar refractivity (Wildman–Crippen MR) is 91.6 cm³/mol. The molecule has 2 N–H and O–H groups in total. The maximum atomic E-state index is 14.6. The van der Waals surface area contributed by atoms with Crippen LogP contribution in [-0.2, 0) is 20.0 Å². The van der Waals surface area contributed by atoms with Crippen LogP contribution < -0.4 is 10.6 Å². The van der Waals surface area contributed by atoms with Gasteiger partial charge in [-0.1, -0.05) is 6.07 Å². The van der Waals surface area contributed by atoms with Crippen molar-refractivity contribution in [3.63, 3.8) is 0 Å². The normalized spacial score (nSPS) is 12.9. The highest BCUT2D eigenvalue weighted by molar-refractivity contribution is 6.06. The average Bonchev–Trinajstić information content (AvgIpc) is 2.85. The highest BCUT2D eigenvalue weighted by Gasteiger charge is 2.30. The molecule has 25 heavy (non-hydrogen) atoms. The van der Waals surface area contributed by atoms with Crippen molar-refractivity contribution in [1.29, 1.82) is 0 Å². The van der Waals surface area contributed by atoms with Gasteiger partial charge in [-0.15, -0.1) is 12.4 Å². The number of nitro groups is 1. The molecule has 0 saturated heterocycles. The van der Waals surface area contributed by atoms with E-state index in [-0.39, 0.29) is 35.2 Å². The molecular weight excluding hydrogens is 353 g/mol. The van der Waals surface area contributed by atoms with Crippen LogP contribution in [-0.4, -0.2) is 27.2 Å². The summed E-state index contributed by atoms with van der Waals surface area (Å²) in [6, 6.07) is 3.21. The Hall–Kier alpha value is -2.52. The number of nitrogens with zero attached hydrogens (tertiary/aromatic N) is 3. The van der Waals surface area contributed by atoms with Gasteiger partial charge in [-0.05, 0) is 37.1 Å². The maximum absolute atomic E-state index is 14.6. The van der Waals surface area contributed by atoms with E-state index in [9.17, 15) is 19.3 Å². The minimum atomic E-state index is -0.766. The van der Waals surface area contributed by atoms with Gasteiger partial charge in [0.15, 0.2) is 0 Å². The number of carbonyl (C=O) groups is 1. The van der Waals surface area contributed by atoms with Crippen LogP contribution in [0.15, 0.2) is 12.1 Å². The molecule has 1 aliphatic rings. The van der Waals surface area contributed by atoms with E-state index in [2.05, 4.69) is 15.7 Å². The van der Waals surface area contributed by atoms with Crippen LogP contribution in [0.5, 0.6) is 0 Å². The van der Waals surface area contributed by atoms with Gasteiger partial charge in [0.2, 0.25) is 5.69 Å². The number of aryl methyl sites for hydroxylation is 2. The number of hydrogen-bond donors (Lipinski definition) is 2. The van der Waals surface area contributed by atoms with Crippen molar-refractivity contribution >= 4 is 29.7 Å². The molecule has 8 nitrogen and oxygen atoms in total. The van der Waals surface area contributed by atoms with Gasteiger partial charge in [0, 0.05) is 13.6 Å². The molecule has 0 fully saturated rings. The molecule has 0 spiro atoms. The molecule has 10 heteroatoms. The van der Waals surface area contributed by atoms with Crippen LogP contribution in [0.4, 0.5) is 15.8 Å². The van der Waals surface area contributed by atoms with Crippen molar-refractivity contribution in [1.82, 2.24) is 15.1 Å². The molecule has 1 amide bonds. The number of carbonyl (C=O) groups excluding carboxylic acids is 1.